The molecule has 6 rings (SSSR count). The molecule has 4 aliphatic rings. The molecule has 1 unspecified atom stereocenters. The second kappa shape index (κ2) is 9.19. The molecule has 5 heteroatoms. The van der Waals surface area contributed by atoms with Gasteiger partial charge in [-0.15, -0.1) is 0 Å². The Labute approximate surface area is 221 Å². The number of hydrogen-bond acceptors (Lipinski definition) is 4. The predicted molar refractivity (Wildman–Crippen MR) is 147 cm³/mol. The van der Waals surface area contributed by atoms with Crippen LogP contribution in [0.1, 0.15) is 89.9 Å². The SMILES string of the molecule is Cc1cccc2nc(CC[C@@H](C)[C@H]3CC[C@H]4[C@H]5C(CC[C@]34C)[C@@]3(C)CC[C@@H](O)C[C@H]3C[C@H]5O)[nH]c(=O)c12. The Morgan fingerprint density at radius 1 is 1.05 bits per heavy atom. The molecule has 202 valence electrons. The van der Waals surface area contributed by atoms with Gasteiger partial charge in [-0.05, 0) is 123 Å². The molecular formula is C32H46N2O3. The van der Waals surface area contributed by atoms with E-state index < -0.39 is 0 Å². The van der Waals surface area contributed by atoms with Gasteiger partial charge in [0.2, 0.25) is 0 Å². The Morgan fingerprint density at radius 2 is 1.81 bits per heavy atom. The van der Waals surface area contributed by atoms with Crippen molar-refractivity contribution >= 4 is 10.9 Å². The van der Waals surface area contributed by atoms with Crippen molar-refractivity contribution in [2.45, 2.75) is 104 Å². The fourth-order valence-corrected chi connectivity index (χ4v) is 10.3. The molecule has 1 heterocycles. The van der Waals surface area contributed by atoms with Crippen LogP contribution in [0.5, 0.6) is 0 Å². The van der Waals surface area contributed by atoms with E-state index in [1.807, 2.05) is 25.1 Å². The zero-order valence-corrected chi connectivity index (χ0v) is 23.2. The summed E-state index contributed by atoms with van der Waals surface area (Å²) in [5, 5.41) is 22.5. The van der Waals surface area contributed by atoms with E-state index in [0.717, 1.165) is 55.4 Å². The van der Waals surface area contributed by atoms with Gasteiger partial charge in [0, 0.05) is 6.42 Å². The molecule has 1 aromatic carbocycles. The van der Waals surface area contributed by atoms with Gasteiger partial charge in [-0.2, -0.15) is 0 Å². The molecule has 10 atom stereocenters. The Balaban J connectivity index is 1.18. The fourth-order valence-electron chi connectivity index (χ4n) is 10.3. The highest BCUT2D eigenvalue weighted by atomic mass is 16.3. The maximum Gasteiger partial charge on any atom is 0.259 e. The van der Waals surface area contributed by atoms with E-state index >= 15 is 0 Å². The molecule has 0 amide bonds. The van der Waals surface area contributed by atoms with E-state index in [4.69, 9.17) is 4.98 Å². The maximum atomic E-state index is 12.7. The standard InChI is InChI=1S/C32H46N2O3/c1-18(8-11-27-33-25-7-5-6-19(2)28(25)30(37)34-27)22-9-10-23-29-24(13-15-32(22,23)4)31(3)14-12-21(35)16-20(31)17-26(29)36/h5-7,18,20-24,26,29,35-36H,8-17H2,1-4H3,(H,33,34,37)/t18-,20+,21-,22-,23+,24?,26-,29+,31+,32-/m1/s1. The summed E-state index contributed by atoms with van der Waals surface area (Å²) < 4.78 is 0. The topological polar surface area (TPSA) is 86.2 Å². The number of aromatic nitrogens is 2. The van der Waals surface area contributed by atoms with Crippen LogP contribution in [-0.4, -0.2) is 32.4 Å². The molecule has 4 fully saturated rings. The van der Waals surface area contributed by atoms with Crippen molar-refractivity contribution in [3.05, 3.63) is 39.9 Å². The zero-order chi connectivity index (χ0) is 26.1. The van der Waals surface area contributed by atoms with E-state index in [9.17, 15) is 15.0 Å². The van der Waals surface area contributed by atoms with Crippen LogP contribution in [0.15, 0.2) is 23.0 Å². The molecule has 37 heavy (non-hydrogen) atoms. The van der Waals surface area contributed by atoms with Crippen LogP contribution in [0.3, 0.4) is 0 Å². The molecule has 2 aromatic rings. The van der Waals surface area contributed by atoms with Crippen molar-refractivity contribution in [3.8, 4) is 0 Å². The number of aromatic amines is 1. The smallest absolute Gasteiger partial charge is 0.259 e. The number of aryl methyl sites for hydroxylation is 2. The Kier molecular flexibility index (Phi) is 6.35. The van der Waals surface area contributed by atoms with Gasteiger partial charge in [-0.1, -0.05) is 32.9 Å². The summed E-state index contributed by atoms with van der Waals surface area (Å²) in [5.41, 5.74) is 2.30. The average molecular weight is 507 g/mol. The largest absolute Gasteiger partial charge is 0.393 e. The summed E-state index contributed by atoms with van der Waals surface area (Å²) >= 11 is 0. The lowest BCUT2D eigenvalue weighted by atomic mass is 9.43. The molecule has 4 aliphatic carbocycles. The van der Waals surface area contributed by atoms with Gasteiger partial charge in [0.25, 0.3) is 5.56 Å². The molecule has 1 aromatic heterocycles. The fraction of sp³-hybridized carbons (Fsp3) is 0.750. The molecular weight excluding hydrogens is 460 g/mol. The summed E-state index contributed by atoms with van der Waals surface area (Å²) in [6.45, 7) is 9.40. The molecule has 0 radical (unpaired) electrons. The molecule has 4 saturated carbocycles. The lowest BCUT2D eigenvalue weighted by Gasteiger charge is -2.62. The lowest BCUT2D eigenvalue weighted by Crippen LogP contribution is -2.58. The number of fused-ring (bicyclic) bond motifs is 6. The molecule has 0 aliphatic heterocycles. The van der Waals surface area contributed by atoms with Crippen molar-refractivity contribution in [1.29, 1.82) is 0 Å². The summed E-state index contributed by atoms with van der Waals surface area (Å²) in [4.78, 5) is 20.6. The maximum absolute atomic E-state index is 12.7. The first-order chi connectivity index (χ1) is 17.6. The van der Waals surface area contributed by atoms with Crippen LogP contribution in [-0.2, 0) is 6.42 Å². The van der Waals surface area contributed by atoms with E-state index in [0.29, 0.717) is 40.9 Å². The first kappa shape index (κ1) is 25.6. The van der Waals surface area contributed by atoms with E-state index in [1.54, 1.807) is 0 Å². The lowest BCUT2D eigenvalue weighted by molar-refractivity contribution is -0.174. The third-order valence-electron chi connectivity index (χ3n) is 12.2. The van der Waals surface area contributed by atoms with E-state index in [-0.39, 0.29) is 28.6 Å². The minimum absolute atomic E-state index is 0.0229. The zero-order valence-electron chi connectivity index (χ0n) is 23.2. The van der Waals surface area contributed by atoms with Crippen LogP contribution < -0.4 is 5.56 Å². The van der Waals surface area contributed by atoms with Gasteiger partial charge >= 0.3 is 0 Å². The Bertz CT molecular complexity index is 1220. The third kappa shape index (κ3) is 4.02. The van der Waals surface area contributed by atoms with Gasteiger partial charge < -0.3 is 15.2 Å². The van der Waals surface area contributed by atoms with E-state index in [2.05, 4.69) is 25.8 Å². The Hall–Kier alpha value is -1.72. The number of aliphatic hydroxyl groups is 2. The van der Waals surface area contributed by atoms with Crippen molar-refractivity contribution in [1.82, 2.24) is 9.97 Å². The summed E-state index contributed by atoms with van der Waals surface area (Å²) in [5.74, 6) is 4.08. The Morgan fingerprint density at radius 3 is 2.62 bits per heavy atom. The van der Waals surface area contributed by atoms with Gasteiger partial charge in [-0.3, -0.25) is 4.79 Å². The third-order valence-corrected chi connectivity index (χ3v) is 12.2. The highest BCUT2D eigenvalue weighted by Gasteiger charge is 2.62. The molecule has 5 nitrogen and oxygen atoms in total. The van der Waals surface area contributed by atoms with Crippen LogP contribution >= 0.6 is 0 Å². The van der Waals surface area contributed by atoms with Gasteiger partial charge in [-0.25, -0.2) is 4.98 Å². The normalized spacial score (nSPS) is 42.2. The highest BCUT2D eigenvalue weighted by molar-refractivity contribution is 5.80. The number of hydrogen-bond donors (Lipinski definition) is 3. The predicted octanol–water partition coefficient (Wildman–Crippen LogP) is 5.79. The number of rotatable bonds is 4. The van der Waals surface area contributed by atoms with Crippen molar-refractivity contribution < 1.29 is 10.2 Å². The second-order valence-electron chi connectivity index (χ2n) is 14.0. The van der Waals surface area contributed by atoms with Crippen LogP contribution in [0.25, 0.3) is 10.9 Å². The number of nitrogens with one attached hydrogen (secondary N) is 1. The first-order valence-corrected chi connectivity index (χ1v) is 15.0. The molecule has 3 N–H and O–H groups in total. The number of H-pyrrole nitrogens is 1. The summed E-state index contributed by atoms with van der Waals surface area (Å²) in [6, 6.07) is 5.89. The van der Waals surface area contributed by atoms with Crippen molar-refractivity contribution in [2.75, 3.05) is 0 Å². The van der Waals surface area contributed by atoms with E-state index in [1.165, 1.54) is 25.7 Å². The molecule has 0 bridgehead atoms. The minimum atomic E-state index is -0.220. The molecule has 0 saturated heterocycles. The van der Waals surface area contributed by atoms with Crippen molar-refractivity contribution in [2.24, 2.45) is 46.3 Å². The number of benzene rings is 1. The van der Waals surface area contributed by atoms with Crippen LogP contribution in [0.2, 0.25) is 0 Å². The van der Waals surface area contributed by atoms with Crippen LogP contribution in [0.4, 0.5) is 0 Å². The van der Waals surface area contributed by atoms with Crippen LogP contribution in [0, 0.1) is 53.3 Å². The van der Waals surface area contributed by atoms with Gasteiger partial charge in [0.1, 0.15) is 5.82 Å². The molecule has 0 spiro atoms. The second-order valence-corrected chi connectivity index (χ2v) is 14.0. The number of nitrogens with zero attached hydrogens (tertiary/aromatic N) is 1. The summed E-state index contributed by atoms with van der Waals surface area (Å²) in [7, 11) is 0. The number of aliphatic hydroxyl groups excluding tert-OH is 2. The van der Waals surface area contributed by atoms with Crippen molar-refractivity contribution in [3.63, 3.8) is 0 Å². The monoisotopic (exact) mass is 506 g/mol. The quantitative estimate of drug-likeness (QED) is 0.490. The highest BCUT2D eigenvalue weighted by Crippen LogP contribution is 2.68. The van der Waals surface area contributed by atoms with Gasteiger partial charge in [0.15, 0.2) is 0 Å². The van der Waals surface area contributed by atoms with Gasteiger partial charge in [0.05, 0.1) is 23.1 Å². The first-order valence-electron chi connectivity index (χ1n) is 15.0. The summed E-state index contributed by atoms with van der Waals surface area (Å²) in [6.07, 6.45) is 10.2. The minimum Gasteiger partial charge on any atom is -0.393 e. The average Bonchev–Trinajstić information content (AvgIpc) is 3.21.